The first-order valence-corrected chi connectivity index (χ1v) is 7.06. The summed E-state index contributed by atoms with van der Waals surface area (Å²) >= 11 is 1.36. The summed E-state index contributed by atoms with van der Waals surface area (Å²) < 4.78 is 5.21. The van der Waals surface area contributed by atoms with Crippen molar-refractivity contribution in [1.82, 2.24) is 4.98 Å². The van der Waals surface area contributed by atoms with E-state index in [2.05, 4.69) is 10.3 Å². The average molecular weight is 291 g/mol. The van der Waals surface area contributed by atoms with E-state index in [-0.39, 0.29) is 11.9 Å². The number of nitrogens with zero attached hydrogens (tertiary/aromatic N) is 1. The van der Waals surface area contributed by atoms with Crippen LogP contribution in [0.15, 0.2) is 23.6 Å². The Labute approximate surface area is 121 Å². The molecule has 0 aliphatic carbocycles. The number of ether oxygens (including phenoxy) is 1. The van der Waals surface area contributed by atoms with E-state index >= 15 is 0 Å². The van der Waals surface area contributed by atoms with Gasteiger partial charge in [0.25, 0.3) is 5.91 Å². The van der Waals surface area contributed by atoms with Crippen LogP contribution in [0.4, 0.5) is 5.13 Å². The van der Waals surface area contributed by atoms with Crippen molar-refractivity contribution < 1.29 is 9.53 Å². The maximum absolute atomic E-state index is 12.1. The van der Waals surface area contributed by atoms with Crippen molar-refractivity contribution >= 4 is 22.4 Å². The normalized spacial score (nSPS) is 12.0. The number of methoxy groups -OCH3 is 1. The summed E-state index contributed by atoms with van der Waals surface area (Å²) in [6.07, 6.45) is 0. The summed E-state index contributed by atoms with van der Waals surface area (Å²) in [5.74, 6) is 0.474. The third kappa shape index (κ3) is 3.15. The molecule has 0 fully saturated rings. The van der Waals surface area contributed by atoms with Gasteiger partial charge in [0.2, 0.25) is 0 Å². The van der Waals surface area contributed by atoms with Crippen LogP contribution in [-0.2, 0) is 0 Å². The molecule has 0 saturated carbocycles. The van der Waals surface area contributed by atoms with Gasteiger partial charge in [-0.15, -0.1) is 11.3 Å². The van der Waals surface area contributed by atoms with E-state index in [1.165, 1.54) is 11.3 Å². The van der Waals surface area contributed by atoms with Gasteiger partial charge in [-0.1, -0.05) is 6.07 Å². The van der Waals surface area contributed by atoms with Crippen LogP contribution in [0.3, 0.4) is 0 Å². The number of thiazole rings is 1. The van der Waals surface area contributed by atoms with Gasteiger partial charge in [0.15, 0.2) is 5.13 Å². The number of nitrogens with two attached hydrogens (primary N) is 1. The second-order valence-corrected chi connectivity index (χ2v) is 5.36. The Bertz CT molecular complexity index is 623. The molecule has 0 saturated heterocycles. The highest BCUT2D eigenvalue weighted by Crippen LogP contribution is 2.22. The molecule has 0 spiro atoms. The van der Waals surface area contributed by atoms with Gasteiger partial charge in [-0.05, 0) is 31.5 Å². The van der Waals surface area contributed by atoms with E-state index in [4.69, 9.17) is 10.5 Å². The van der Waals surface area contributed by atoms with E-state index in [1.54, 1.807) is 19.2 Å². The smallest absolute Gasteiger partial charge is 0.257 e. The molecule has 3 N–H and O–H groups in total. The van der Waals surface area contributed by atoms with Crippen molar-refractivity contribution in [3.05, 3.63) is 40.4 Å². The highest BCUT2D eigenvalue weighted by Gasteiger charge is 2.12. The van der Waals surface area contributed by atoms with Crippen LogP contribution in [0.5, 0.6) is 5.75 Å². The van der Waals surface area contributed by atoms with E-state index in [0.717, 1.165) is 11.3 Å². The monoisotopic (exact) mass is 291 g/mol. The molecule has 6 heteroatoms. The first-order valence-electron chi connectivity index (χ1n) is 6.18. The highest BCUT2D eigenvalue weighted by molar-refractivity contribution is 7.14. The van der Waals surface area contributed by atoms with Crippen LogP contribution in [0.2, 0.25) is 0 Å². The fourth-order valence-electron chi connectivity index (χ4n) is 1.68. The van der Waals surface area contributed by atoms with Crippen LogP contribution in [0.25, 0.3) is 0 Å². The molecule has 1 heterocycles. The largest absolute Gasteiger partial charge is 0.496 e. The Balaban J connectivity index is 2.15. The maximum Gasteiger partial charge on any atom is 0.257 e. The molecule has 1 aromatic carbocycles. The van der Waals surface area contributed by atoms with Crippen molar-refractivity contribution in [2.75, 3.05) is 12.4 Å². The van der Waals surface area contributed by atoms with Crippen molar-refractivity contribution in [3.8, 4) is 5.75 Å². The molecule has 2 aromatic rings. The van der Waals surface area contributed by atoms with Gasteiger partial charge in [0.05, 0.1) is 12.8 Å². The van der Waals surface area contributed by atoms with Gasteiger partial charge in [-0.25, -0.2) is 4.98 Å². The Morgan fingerprint density at radius 2 is 2.25 bits per heavy atom. The summed E-state index contributed by atoms with van der Waals surface area (Å²) in [7, 11) is 1.58. The van der Waals surface area contributed by atoms with E-state index in [1.807, 2.05) is 25.3 Å². The number of nitrogens with one attached hydrogen (secondary N) is 1. The molecule has 1 aromatic heterocycles. The van der Waals surface area contributed by atoms with Crippen molar-refractivity contribution in [2.45, 2.75) is 19.9 Å². The van der Waals surface area contributed by atoms with Crippen molar-refractivity contribution in [1.29, 1.82) is 0 Å². The Morgan fingerprint density at radius 3 is 2.85 bits per heavy atom. The Morgan fingerprint density at radius 1 is 1.50 bits per heavy atom. The zero-order chi connectivity index (χ0) is 14.7. The molecule has 106 valence electrons. The lowest BCUT2D eigenvalue weighted by Gasteiger charge is -2.07. The number of aryl methyl sites for hydroxylation is 1. The van der Waals surface area contributed by atoms with Crippen LogP contribution < -0.4 is 15.8 Å². The molecule has 1 unspecified atom stereocenters. The maximum atomic E-state index is 12.1. The second kappa shape index (κ2) is 6.02. The molecular weight excluding hydrogens is 274 g/mol. The predicted molar refractivity (Wildman–Crippen MR) is 80.4 cm³/mol. The molecular formula is C14H17N3O2S. The standard InChI is InChI=1S/C14H17N3O2S/c1-8-4-5-10(6-12(8)19-3)13(18)17-14-16-11(7-20-14)9(2)15/h4-7,9H,15H2,1-3H3,(H,16,17,18). The lowest BCUT2D eigenvalue weighted by Crippen LogP contribution is -2.12. The van der Waals surface area contributed by atoms with Gasteiger partial charge in [0, 0.05) is 17.0 Å². The first-order chi connectivity index (χ1) is 9.51. The van der Waals surface area contributed by atoms with Crippen LogP contribution in [0, 0.1) is 6.92 Å². The van der Waals surface area contributed by atoms with Crippen molar-refractivity contribution in [2.24, 2.45) is 5.73 Å². The third-order valence-electron chi connectivity index (χ3n) is 2.88. The molecule has 0 radical (unpaired) electrons. The summed E-state index contributed by atoms with van der Waals surface area (Å²) in [4.78, 5) is 16.4. The first kappa shape index (κ1) is 14.5. The number of amides is 1. The summed E-state index contributed by atoms with van der Waals surface area (Å²) in [5.41, 5.74) is 8.02. The van der Waals surface area contributed by atoms with Gasteiger partial charge in [-0.2, -0.15) is 0 Å². The third-order valence-corrected chi connectivity index (χ3v) is 3.66. The number of rotatable bonds is 4. The molecule has 20 heavy (non-hydrogen) atoms. The Kier molecular flexibility index (Phi) is 4.36. The van der Waals surface area contributed by atoms with Crippen LogP contribution in [0.1, 0.15) is 34.6 Å². The number of carbonyl (C=O) groups is 1. The van der Waals surface area contributed by atoms with E-state index in [9.17, 15) is 4.79 Å². The molecule has 1 atom stereocenters. The predicted octanol–water partition coefficient (Wildman–Crippen LogP) is 2.73. The summed E-state index contributed by atoms with van der Waals surface area (Å²) in [6.45, 7) is 3.78. The van der Waals surface area contributed by atoms with E-state index in [0.29, 0.717) is 16.4 Å². The van der Waals surface area contributed by atoms with Gasteiger partial charge < -0.3 is 10.5 Å². The molecule has 2 rings (SSSR count). The number of benzene rings is 1. The molecule has 5 nitrogen and oxygen atoms in total. The fraction of sp³-hybridized carbons (Fsp3) is 0.286. The van der Waals surface area contributed by atoms with Gasteiger partial charge >= 0.3 is 0 Å². The number of hydrogen-bond acceptors (Lipinski definition) is 5. The molecule has 0 aliphatic rings. The summed E-state index contributed by atoms with van der Waals surface area (Å²) in [6, 6.07) is 5.18. The number of hydrogen-bond donors (Lipinski definition) is 2. The second-order valence-electron chi connectivity index (χ2n) is 4.50. The molecule has 0 bridgehead atoms. The number of aromatic nitrogens is 1. The van der Waals surface area contributed by atoms with Gasteiger partial charge in [-0.3, -0.25) is 10.1 Å². The lowest BCUT2D eigenvalue weighted by atomic mass is 10.1. The zero-order valence-electron chi connectivity index (χ0n) is 11.6. The fourth-order valence-corrected chi connectivity index (χ4v) is 2.49. The van der Waals surface area contributed by atoms with Crippen LogP contribution >= 0.6 is 11.3 Å². The SMILES string of the molecule is COc1cc(C(=O)Nc2nc(C(C)N)cs2)ccc1C. The minimum atomic E-state index is -0.214. The zero-order valence-corrected chi connectivity index (χ0v) is 12.5. The molecule has 0 aliphatic heterocycles. The minimum absolute atomic E-state index is 0.142. The Hall–Kier alpha value is -1.92. The highest BCUT2D eigenvalue weighted by atomic mass is 32.1. The quantitative estimate of drug-likeness (QED) is 0.908. The number of carbonyl (C=O) groups excluding carboxylic acids is 1. The van der Waals surface area contributed by atoms with Crippen LogP contribution in [-0.4, -0.2) is 18.0 Å². The van der Waals surface area contributed by atoms with Gasteiger partial charge in [0.1, 0.15) is 5.75 Å². The average Bonchev–Trinajstić information content (AvgIpc) is 2.88. The van der Waals surface area contributed by atoms with E-state index < -0.39 is 0 Å². The topological polar surface area (TPSA) is 77.2 Å². The summed E-state index contributed by atoms with van der Waals surface area (Å²) in [5, 5.41) is 5.15. The minimum Gasteiger partial charge on any atom is -0.496 e. The van der Waals surface area contributed by atoms with Crippen molar-refractivity contribution in [3.63, 3.8) is 0 Å². The lowest BCUT2D eigenvalue weighted by molar-refractivity contribution is 0.102. The molecule has 1 amide bonds. The number of anilines is 1.